The SMILES string of the molecule is O=C(OC1CCCCC1)C1C2CCC(O2)C1C(=O)OC(C(F)(F)F)C(F)(F)S(=O)(=O)[O-]. The number of carbonyl (C=O) groups is 2. The van der Waals surface area contributed by atoms with Crippen LogP contribution in [-0.4, -0.2) is 60.8 Å². The fraction of sp³-hybridized carbons (Fsp3) is 0.882. The summed E-state index contributed by atoms with van der Waals surface area (Å²) in [4.78, 5) is 25.1. The van der Waals surface area contributed by atoms with Gasteiger partial charge in [0.1, 0.15) is 6.10 Å². The van der Waals surface area contributed by atoms with Crippen molar-refractivity contribution in [3.8, 4) is 0 Å². The molecule has 0 N–H and O–H groups in total. The first kappa shape index (κ1) is 24.1. The predicted octanol–water partition coefficient (Wildman–Crippen LogP) is 2.27. The zero-order valence-corrected chi connectivity index (χ0v) is 16.8. The first-order chi connectivity index (χ1) is 14.2. The van der Waals surface area contributed by atoms with Crippen molar-refractivity contribution < 1.29 is 58.7 Å². The molecule has 14 heteroatoms. The van der Waals surface area contributed by atoms with Crippen LogP contribution in [0.4, 0.5) is 22.0 Å². The summed E-state index contributed by atoms with van der Waals surface area (Å²) >= 11 is 0. The quantitative estimate of drug-likeness (QED) is 0.323. The number of hydrogen-bond donors (Lipinski definition) is 0. The molecule has 3 fully saturated rings. The van der Waals surface area contributed by atoms with Crippen molar-refractivity contribution in [3.63, 3.8) is 0 Å². The number of halogens is 5. The van der Waals surface area contributed by atoms with E-state index in [9.17, 15) is 44.5 Å². The van der Waals surface area contributed by atoms with Crippen LogP contribution in [0.3, 0.4) is 0 Å². The predicted molar refractivity (Wildman–Crippen MR) is 88.4 cm³/mol. The first-order valence-electron chi connectivity index (χ1n) is 9.70. The Morgan fingerprint density at radius 2 is 1.42 bits per heavy atom. The maximum absolute atomic E-state index is 13.7. The number of hydrogen-bond acceptors (Lipinski definition) is 8. The molecule has 2 saturated heterocycles. The molecule has 2 aliphatic heterocycles. The highest BCUT2D eigenvalue weighted by atomic mass is 32.2. The Morgan fingerprint density at radius 3 is 1.90 bits per heavy atom. The highest BCUT2D eigenvalue weighted by Crippen LogP contribution is 2.46. The van der Waals surface area contributed by atoms with Crippen molar-refractivity contribution in [1.82, 2.24) is 0 Å². The number of alkyl halides is 5. The molecule has 178 valence electrons. The van der Waals surface area contributed by atoms with Crippen LogP contribution in [0.2, 0.25) is 0 Å². The maximum atomic E-state index is 13.7. The minimum atomic E-state index is -6.82. The van der Waals surface area contributed by atoms with E-state index < -0.39 is 69.7 Å². The van der Waals surface area contributed by atoms with E-state index in [0.29, 0.717) is 19.3 Å². The molecule has 0 spiro atoms. The summed E-state index contributed by atoms with van der Waals surface area (Å²) in [5, 5.41) is -5.96. The third-order valence-corrected chi connectivity index (χ3v) is 6.70. The largest absolute Gasteiger partial charge is 0.743 e. The summed E-state index contributed by atoms with van der Waals surface area (Å²) in [5.41, 5.74) is 0. The van der Waals surface area contributed by atoms with E-state index in [1.165, 1.54) is 0 Å². The van der Waals surface area contributed by atoms with E-state index in [-0.39, 0.29) is 6.42 Å². The van der Waals surface area contributed by atoms with E-state index in [1.807, 2.05) is 0 Å². The second-order valence-corrected chi connectivity index (χ2v) is 9.37. The molecule has 1 saturated carbocycles. The van der Waals surface area contributed by atoms with Gasteiger partial charge < -0.3 is 18.8 Å². The van der Waals surface area contributed by atoms with Crippen LogP contribution < -0.4 is 0 Å². The fourth-order valence-electron chi connectivity index (χ4n) is 4.35. The van der Waals surface area contributed by atoms with Gasteiger partial charge in [0, 0.05) is 0 Å². The molecule has 31 heavy (non-hydrogen) atoms. The summed E-state index contributed by atoms with van der Waals surface area (Å²) in [6.07, 6.45) is -8.79. The summed E-state index contributed by atoms with van der Waals surface area (Å²) < 4.78 is 113. The lowest BCUT2D eigenvalue weighted by molar-refractivity contribution is -0.261. The number of rotatable bonds is 6. The molecular weight excluding hydrogens is 459 g/mol. The van der Waals surface area contributed by atoms with Gasteiger partial charge in [0.2, 0.25) is 0 Å². The number of ether oxygens (including phenoxy) is 3. The first-order valence-corrected chi connectivity index (χ1v) is 11.1. The van der Waals surface area contributed by atoms with Crippen molar-refractivity contribution >= 4 is 22.1 Å². The van der Waals surface area contributed by atoms with Gasteiger partial charge in [0.25, 0.3) is 6.10 Å². The van der Waals surface area contributed by atoms with Gasteiger partial charge in [-0.15, -0.1) is 0 Å². The molecule has 0 amide bonds. The standard InChI is InChI=1S/C17H21F5O8S/c18-16(19,20)15(17(21,22)31(25,26)27)30-14(24)12-10-7-6-9(29-10)11(12)13(23)28-8-4-2-1-3-5-8/h8-12,15H,1-7H2,(H,25,26,27)/p-1. The van der Waals surface area contributed by atoms with E-state index in [4.69, 9.17) is 9.47 Å². The van der Waals surface area contributed by atoms with Crippen LogP contribution in [0.1, 0.15) is 44.9 Å². The number of fused-ring (bicyclic) bond motifs is 2. The van der Waals surface area contributed by atoms with Gasteiger partial charge in [0.15, 0.2) is 10.1 Å². The highest BCUT2D eigenvalue weighted by Gasteiger charge is 2.65. The van der Waals surface area contributed by atoms with Gasteiger partial charge in [0.05, 0.1) is 24.0 Å². The summed E-state index contributed by atoms with van der Waals surface area (Å²) in [5.74, 6) is -5.87. The van der Waals surface area contributed by atoms with Crippen LogP contribution in [0, 0.1) is 11.8 Å². The van der Waals surface area contributed by atoms with Gasteiger partial charge in [-0.2, -0.15) is 22.0 Å². The van der Waals surface area contributed by atoms with Gasteiger partial charge in [-0.05, 0) is 38.5 Å². The second kappa shape index (κ2) is 8.43. The minimum Gasteiger partial charge on any atom is -0.743 e. The highest BCUT2D eigenvalue weighted by molar-refractivity contribution is 7.86. The maximum Gasteiger partial charge on any atom is 0.432 e. The lowest BCUT2D eigenvalue weighted by atomic mass is 9.79. The third-order valence-electron chi connectivity index (χ3n) is 5.82. The van der Waals surface area contributed by atoms with E-state index in [1.54, 1.807) is 0 Å². The Balaban J connectivity index is 1.80. The van der Waals surface area contributed by atoms with Crippen molar-refractivity contribution in [3.05, 3.63) is 0 Å². The zero-order valence-electron chi connectivity index (χ0n) is 16.0. The topological polar surface area (TPSA) is 119 Å². The molecule has 0 aromatic rings. The molecule has 3 aliphatic rings. The van der Waals surface area contributed by atoms with Crippen molar-refractivity contribution in [1.29, 1.82) is 0 Å². The van der Waals surface area contributed by atoms with Crippen LogP contribution in [-0.2, 0) is 33.9 Å². The molecule has 5 unspecified atom stereocenters. The van der Waals surface area contributed by atoms with Crippen LogP contribution in [0.25, 0.3) is 0 Å². The molecule has 0 radical (unpaired) electrons. The number of carbonyl (C=O) groups excluding carboxylic acids is 2. The second-order valence-electron chi connectivity index (χ2n) is 7.91. The average molecular weight is 479 g/mol. The van der Waals surface area contributed by atoms with E-state index >= 15 is 0 Å². The molecule has 1 aliphatic carbocycles. The average Bonchev–Trinajstić information content (AvgIpc) is 3.26. The van der Waals surface area contributed by atoms with Gasteiger partial charge in [-0.1, -0.05) is 6.42 Å². The number of esters is 2. The molecule has 5 atom stereocenters. The monoisotopic (exact) mass is 479 g/mol. The summed E-state index contributed by atoms with van der Waals surface area (Å²) in [6.45, 7) is 0. The third kappa shape index (κ3) is 4.80. The van der Waals surface area contributed by atoms with Crippen LogP contribution >= 0.6 is 0 Å². The van der Waals surface area contributed by atoms with Gasteiger partial charge in [-0.25, -0.2) is 8.42 Å². The molecule has 0 aromatic heterocycles. The molecular formula is C17H20F5O8S-. The summed E-state index contributed by atoms with van der Waals surface area (Å²) in [7, 11) is -6.82. The van der Waals surface area contributed by atoms with Gasteiger partial charge in [-0.3, -0.25) is 9.59 Å². The normalized spacial score (nSPS) is 30.8. The zero-order chi connectivity index (χ0) is 23.2. The van der Waals surface area contributed by atoms with E-state index in [0.717, 1.165) is 19.3 Å². The Kier molecular flexibility index (Phi) is 6.55. The summed E-state index contributed by atoms with van der Waals surface area (Å²) in [6, 6.07) is 0. The Bertz CT molecular complexity index is 808. The van der Waals surface area contributed by atoms with Gasteiger partial charge >= 0.3 is 23.4 Å². The lowest BCUT2D eigenvalue weighted by Crippen LogP contribution is -2.54. The van der Waals surface area contributed by atoms with Crippen molar-refractivity contribution in [2.24, 2.45) is 11.8 Å². The molecule has 0 aromatic carbocycles. The van der Waals surface area contributed by atoms with E-state index in [2.05, 4.69) is 4.74 Å². The lowest BCUT2D eigenvalue weighted by Gasteiger charge is -2.32. The molecule has 2 bridgehead atoms. The van der Waals surface area contributed by atoms with Crippen LogP contribution in [0.15, 0.2) is 0 Å². The Labute approximate surface area is 174 Å². The van der Waals surface area contributed by atoms with Crippen molar-refractivity contribution in [2.75, 3.05) is 0 Å². The minimum absolute atomic E-state index is 0.157. The molecule has 8 nitrogen and oxygen atoms in total. The van der Waals surface area contributed by atoms with Crippen LogP contribution in [0.5, 0.6) is 0 Å². The molecule has 2 heterocycles. The van der Waals surface area contributed by atoms with Crippen molar-refractivity contribution in [2.45, 2.75) is 80.8 Å². The smallest absolute Gasteiger partial charge is 0.432 e. The fourth-order valence-corrected chi connectivity index (χ4v) is 4.80. The Morgan fingerprint density at radius 1 is 0.903 bits per heavy atom. The Hall–Kier alpha value is -1.54. The molecule has 3 rings (SSSR count).